The predicted molar refractivity (Wildman–Crippen MR) is 107 cm³/mol. The molecule has 1 aromatic carbocycles. The summed E-state index contributed by atoms with van der Waals surface area (Å²) >= 11 is 0. The number of likely N-dealkylation sites (N-methyl/N-ethyl adjacent to an activating group) is 1. The van der Waals surface area contributed by atoms with E-state index in [1.165, 1.54) is 5.56 Å². The lowest BCUT2D eigenvalue weighted by Crippen LogP contribution is -2.58. The number of carboxylic acid groups (broad SMARTS) is 1. The van der Waals surface area contributed by atoms with Gasteiger partial charge in [0.05, 0.1) is 6.54 Å². The number of nitrogens with zero attached hydrogens (tertiary/aromatic N) is 1. The summed E-state index contributed by atoms with van der Waals surface area (Å²) in [5, 5.41) is 15.1. The number of nitrogens with one attached hydrogen (secondary N) is 2. The van der Waals surface area contributed by atoms with Gasteiger partial charge in [-0.1, -0.05) is 58.0 Å². The second-order valence-electron chi connectivity index (χ2n) is 7.95. The maximum atomic E-state index is 12.5. The van der Waals surface area contributed by atoms with Crippen LogP contribution in [0.2, 0.25) is 0 Å². The molecule has 2 rings (SSSR count). The first-order valence-corrected chi connectivity index (χ1v) is 9.86. The lowest BCUT2D eigenvalue weighted by molar-refractivity contribution is -0.139. The van der Waals surface area contributed by atoms with Crippen LogP contribution in [0.1, 0.15) is 52.5 Å². The Bertz CT molecular complexity index is 627. The van der Waals surface area contributed by atoms with E-state index in [2.05, 4.69) is 43.5 Å². The Morgan fingerprint density at radius 3 is 2.37 bits per heavy atom. The average molecular weight is 376 g/mol. The molecule has 27 heavy (non-hydrogen) atoms. The smallest absolute Gasteiger partial charge is 0.317 e. The predicted octanol–water partition coefficient (Wildman–Crippen LogP) is 2.98. The van der Waals surface area contributed by atoms with Crippen LogP contribution in [-0.2, 0) is 10.2 Å². The van der Waals surface area contributed by atoms with Gasteiger partial charge in [0, 0.05) is 23.5 Å². The fraction of sp³-hybridized carbons (Fsp3) is 0.619. The van der Waals surface area contributed by atoms with Crippen LogP contribution in [0.3, 0.4) is 0 Å². The molecule has 0 saturated heterocycles. The van der Waals surface area contributed by atoms with Crippen molar-refractivity contribution >= 4 is 12.0 Å². The maximum absolute atomic E-state index is 12.5. The van der Waals surface area contributed by atoms with Crippen LogP contribution in [-0.4, -0.2) is 53.2 Å². The Morgan fingerprint density at radius 1 is 1.22 bits per heavy atom. The van der Waals surface area contributed by atoms with Gasteiger partial charge in [0.15, 0.2) is 0 Å². The van der Waals surface area contributed by atoms with Gasteiger partial charge in [0.25, 0.3) is 0 Å². The molecule has 1 atom stereocenters. The summed E-state index contributed by atoms with van der Waals surface area (Å²) in [6, 6.07) is 10.5. The summed E-state index contributed by atoms with van der Waals surface area (Å²) in [6.45, 7) is 9.12. The van der Waals surface area contributed by atoms with Crippen molar-refractivity contribution in [2.24, 2.45) is 0 Å². The first kappa shape index (κ1) is 21.2. The largest absolute Gasteiger partial charge is 0.480 e. The monoisotopic (exact) mass is 375 g/mol. The number of hydrogen-bond donors (Lipinski definition) is 3. The van der Waals surface area contributed by atoms with E-state index in [-0.39, 0.29) is 36.1 Å². The summed E-state index contributed by atoms with van der Waals surface area (Å²) in [6.07, 6.45) is 2.44. The molecule has 6 heteroatoms. The number of carbonyl (C=O) groups excluding carboxylic acids is 1. The fourth-order valence-electron chi connectivity index (χ4n) is 3.92. The molecule has 1 aliphatic rings. The van der Waals surface area contributed by atoms with E-state index in [0.29, 0.717) is 6.54 Å². The number of aliphatic carboxylic acids is 1. The number of urea groups is 1. The minimum absolute atomic E-state index is 0.0231. The molecule has 150 valence electrons. The first-order chi connectivity index (χ1) is 12.8. The number of amides is 2. The van der Waals surface area contributed by atoms with E-state index < -0.39 is 5.97 Å². The van der Waals surface area contributed by atoms with Crippen LogP contribution in [0.25, 0.3) is 0 Å². The number of carboxylic acids is 1. The minimum Gasteiger partial charge on any atom is -0.480 e. The maximum Gasteiger partial charge on any atom is 0.317 e. The minimum atomic E-state index is -0.806. The Labute approximate surface area is 162 Å². The zero-order valence-corrected chi connectivity index (χ0v) is 16.9. The zero-order chi connectivity index (χ0) is 20.0. The molecule has 3 N–H and O–H groups in total. The molecule has 1 fully saturated rings. The molecule has 0 radical (unpaired) electrons. The lowest BCUT2D eigenvalue weighted by atomic mass is 9.76. The quantitative estimate of drug-likeness (QED) is 0.620. The molecular formula is C21H33N3O3. The van der Waals surface area contributed by atoms with Crippen molar-refractivity contribution in [3.05, 3.63) is 35.9 Å². The summed E-state index contributed by atoms with van der Waals surface area (Å²) in [5.74, 6) is -0.806. The Hall–Kier alpha value is -2.08. The number of benzene rings is 1. The highest BCUT2D eigenvalue weighted by atomic mass is 16.4. The highest BCUT2D eigenvalue weighted by molar-refractivity contribution is 5.75. The fourth-order valence-corrected chi connectivity index (χ4v) is 3.92. The summed E-state index contributed by atoms with van der Waals surface area (Å²) < 4.78 is 0. The normalized spacial score (nSPS) is 20.6. The highest BCUT2D eigenvalue weighted by Gasteiger charge is 2.36. The molecule has 0 aromatic heterocycles. The standard InChI is InChI=1S/C21H33N3O3/c1-5-18(21(3,4)15-10-8-7-9-11-15)23-20(27)22-16-12-17(13-16)24(6-2)14-19(25)26/h7-11,16-18H,5-6,12-14H2,1-4H3,(H,25,26)(H2,22,23,27). The van der Waals surface area contributed by atoms with Gasteiger partial charge in [-0.15, -0.1) is 0 Å². The van der Waals surface area contributed by atoms with Crippen LogP contribution < -0.4 is 10.6 Å². The van der Waals surface area contributed by atoms with E-state index in [1.807, 2.05) is 30.0 Å². The molecule has 1 saturated carbocycles. The van der Waals surface area contributed by atoms with E-state index in [1.54, 1.807) is 0 Å². The van der Waals surface area contributed by atoms with Gasteiger partial charge in [-0.25, -0.2) is 4.79 Å². The topological polar surface area (TPSA) is 81.7 Å². The van der Waals surface area contributed by atoms with Crippen LogP contribution in [0.15, 0.2) is 30.3 Å². The summed E-state index contributed by atoms with van der Waals surface area (Å²) in [7, 11) is 0. The second kappa shape index (κ2) is 9.22. The molecule has 1 unspecified atom stereocenters. The molecule has 0 heterocycles. The number of hydrogen-bond acceptors (Lipinski definition) is 3. The molecule has 2 amide bonds. The molecule has 6 nitrogen and oxygen atoms in total. The molecular weight excluding hydrogens is 342 g/mol. The van der Waals surface area contributed by atoms with Gasteiger partial charge in [0.2, 0.25) is 0 Å². The molecule has 1 aromatic rings. The molecule has 0 spiro atoms. The Kier molecular flexibility index (Phi) is 7.25. The third-order valence-electron chi connectivity index (χ3n) is 5.81. The third-order valence-corrected chi connectivity index (χ3v) is 5.81. The van der Waals surface area contributed by atoms with E-state index in [9.17, 15) is 9.59 Å². The summed E-state index contributed by atoms with van der Waals surface area (Å²) in [4.78, 5) is 25.4. The molecule has 0 aliphatic heterocycles. The number of carbonyl (C=O) groups is 2. The van der Waals surface area contributed by atoms with Crippen molar-refractivity contribution in [3.8, 4) is 0 Å². The lowest BCUT2D eigenvalue weighted by Gasteiger charge is -2.42. The van der Waals surface area contributed by atoms with Crippen molar-refractivity contribution < 1.29 is 14.7 Å². The highest BCUT2D eigenvalue weighted by Crippen LogP contribution is 2.29. The van der Waals surface area contributed by atoms with E-state index >= 15 is 0 Å². The van der Waals surface area contributed by atoms with E-state index in [4.69, 9.17) is 5.11 Å². The average Bonchev–Trinajstić information content (AvgIpc) is 2.61. The van der Waals surface area contributed by atoms with Gasteiger partial charge in [-0.05, 0) is 31.4 Å². The Balaban J connectivity index is 1.85. The van der Waals surface area contributed by atoms with Crippen LogP contribution in [0.4, 0.5) is 4.79 Å². The SMILES string of the molecule is CCC(NC(=O)NC1CC(N(CC)CC(=O)O)C1)C(C)(C)c1ccccc1. The van der Waals surface area contributed by atoms with Gasteiger partial charge in [-0.3, -0.25) is 9.69 Å². The van der Waals surface area contributed by atoms with Crippen molar-refractivity contribution in [2.75, 3.05) is 13.1 Å². The third kappa shape index (κ3) is 5.45. The van der Waals surface area contributed by atoms with Crippen LogP contribution >= 0.6 is 0 Å². The van der Waals surface area contributed by atoms with E-state index in [0.717, 1.165) is 19.3 Å². The first-order valence-electron chi connectivity index (χ1n) is 9.86. The van der Waals surface area contributed by atoms with Crippen molar-refractivity contribution in [1.29, 1.82) is 0 Å². The van der Waals surface area contributed by atoms with Gasteiger partial charge < -0.3 is 15.7 Å². The van der Waals surface area contributed by atoms with Gasteiger partial charge >= 0.3 is 12.0 Å². The zero-order valence-electron chi connectivity index (χ0n) is 16.9. The van der Waals surface area contributed by atoms with Crippen molar-refractivity contribution in [3.63, 3.8) is 0 Å². The summed E-state index contributed by atoms with van der Waals surface area (Å²) in [5.41, 5.74) is 1.03. The molecule has 1 aliphatic carbocycles. The van der Waals surface area contributed by atoms with Gasteiger partial charge in [-0.2, -0.15) is 0 Å². The Morgan fingerprint density at radius 2 is 1.85 bits per heavy atom. The van der Waals surface area contributed by atoms with Gasteiger partial charge in [0.1, 0.15) is 0 Å². The van der Waals surface area contributed by atoms with Crippen LogP contribution in [0.5, 0.6) is 0 Å². The van der Waals surface area contributed by atoms with Crippen molar-refractivity contribution in [2.45, 2.75) is 70.5 Å². The molecule has 0 bridgehead atoms. The number of rotatable bonds is 9. The van der Waals surface area contributed by atoms with Crippen LogP contribution in [0, 0.1) is 0 Å². The van der Waals surface area contributed by atoms with Crippen molar-refractivity contribution in [1.82, 2.24) is 15.5 Å². The second-order valence-corrected chi connectivity index (χ2v) is 7.95.